The Morgan fingerprint density at radius 3 is 2.18 bits per heavy atom. The van der Waals surface area contributed by atoms with Crippen LogP contribution in [-0.4, -0.2) is 243 Å². The standard InChI is InChI=1S/C67H111FN4O18S/c1-19-49-65(13,83)54(77)41(7)72(35-36(2)32-63(11,82)56(89-58-52(76)47(70(14)15)30-38(4)85-58)39(5)53(40(6)57(79)87-49)88-51-34-64(12,84-18)55(78)42(8)86-51)28-20-26-69-27-24-50(75)90-67(59(80)91-60(81)71(16)17)37(3)29-46-45-22-21-43-31-44(73)23-25-61(43,9)66(45,68)48(74)33-62(46,67)10/h23,25,31,36-42,45-49,51-56,58,69,74,76-78,82-83H,19-22,24,26-30,32-35H2,1-18H3/t36-,37-,38-,39+,40-,41-,42+,45?,46?,47+,48+,49-,51+,52-,53+,54-,55+,56-,58+,61+,62+,63-,64-,65-,66+,67+/m1/s1. The number of aliphatic hydroxyl groups is 6. The van der Waals surface area contributed by atoms with Gasteiger partial charge in [0, 0.05) is 93.1 Å². The van der Waals surface area contributed by atoms with Crippen molar-refractivity contribution in [3.05, 3.63) is 23.8 Å². The number of ether oxygens (including phenoxy) is 7. The van der Waals surface area contributed by atoms with E-state index in [1.165, 1.54) is 45.2 Å². The highest BCUT2D eigenvalue weighted by Crippen LogP contribution is 2.72. The number of allylic oxidation sites excluding steroid dienone is 4. The molecule has 7 rings (SSSR count). The van der Waals surface area contributed by atoms with E-state index in [1.807, 2.05) is 37.7 Å². The average molecular weight is 1310 g/mol. The molecule has 26 atom stereocenters. The lowest BCUT2D eigenvalue weighted by atomic mass is 9.45. The lowest BCUT2D eigenvalue weighted by molar-refractivity contribution is -0.318. The summed E-state index contributed by atoms with van der Waals surface area (Å²) < 4.78 is 63.0. The molecule has 22 nitrogen and oxygen atoms in total. The first-order chi connectivity index (χ1) is 42.2. The lowest BCUT2D eigenvalue weighted by Crippen LogP contribution is -2.69. The van der Waals surface area contributed by atoms with Crippen molar-refractivity contribution in [3.8, 4) is 0 Å². The second kappa shape index (κ2) is 29.0. The first-order valence-electron chi connectivity index (χ1n) is 33.2. The first-order valence-corrected chi connectivity index (χ1v) is 34.0. The molecule has 0 spiro atoms. The second-order valence-corrected chi connectivity index (χ2v) is 30.7. The number of likely N-dealkylation sites (N-methyl/N-ethyl adjacent to an activating group) is 1. The van der Waals surface area contributed by atoms with Crippen LogP contribution in [0.1, 0.15) is 154 Å². The summed E-state index contributed by atoms with van der Waals surface area (Å²) in [7, 11) is 8.21. The molecule has 7 N–H and O–H groups in total. The van der Waals surface area contributed by atoms with Crippen LogP contribution in [0, 0.1) is 46.3 Å². The van der Waals surface area contributed by atoms with E-state index in [-0.39, 0.29) is 75.5 Å². The molecule has 6 fully saturated rings. The van der Waals surface area contributed by atoms with E-state index >= 15 is 4.39 Å². The number of esters is 2. The molecule has 3 aliphatic heterocycles. The van der Waals surface area contributed by atoms with Gasteiger partial charge in [0.25, 0.3) is 5.24 Å². The van der Waals surface area contributed by atoms with E-state index < -0.39 is 158 Å². The summed E-state index contributed by atoms with van der Waals surface area (Å²) in [5, 5.41) is 75.1. The maximum Gasteiger partial charge on any atom is 0.311 e. The fourth-order valence-corrected chi connectivity index (χ4v) is 18.3. The van der Waals surface area contributed by atoms with Crippen LogP contribution in [0.5, 0.6) is 0 Å². The zero-order chi connectivity index (χ0) is 68.1. The zero-order valence-electron chi connectivity index (χ0n) is 57.3. The van der Waals surface area contributed by atoms with Crippen LogP contribution in [0.4, 0.5) is 9.18 Å². The molecule has 0 radical (unpaired) electrons. The molecular weight excluding hydrogens is 1200 g/mol. The lowest BCUT2D eigenvalue weighted by Gasteiger charge is -2.62. The Kier molecular flexibility index (Phi) is 24.0. The highest BCUT2D eigenvalue weighted by molar-refractivity contribution is 8.26. The number of nitrogens with one attached hydrogen (secondary N) is 1. The Bertz CT molecular complexity index is 2650. The highest BCUT2D eigenvalue weighted by Gasteiger charge is 2.77. The molecule has 0 aromatic rings. The van der Waals surface area contributed by atoms with Crippen LogP contribution >= 0.6 is 11.8 Å². The van der Waals surface area contributed by atoms with Crippen molar-refractivity contribution in [1.82, 2.24) is 20.0 Å². The molecule has 0 aromatic carbocycles. The number of hydrogen-bond donors (Lipinski definition) is 7. The van der Waals surface area contributed by atoms with Gasteiger partial charge in [0.15, 0.2) is 29.6 Å². The zero-order valence-corrected chi connectivity index (χ0v) is 58.1. The van der Waals surface area contributed by atoms with Crippen LogP contribution < -0.4 is 5.32 Å². The van der Waals surface area contributed by atoms with Gasteiger partial charge in [0.1, 0.15) is 30.0 Å². The van der Waals surface area contributed by atoms with E-state index in [9.17, 15) is 54.6 Å². The number of rotatable bonds is 16. The third-order valence-corrected chi connectivity index (χ3v) is 23.7. The Hall–Kier alpha value is -3.05. The monoisotopic (exact) mass is 1310 g/mol. The summed E-state index contributed by atoms with van der Waals surface area (Å²) in [6.07, 6.45) is -6.11. The summed E-state index contributed by atoms with van der Waals surface area (Å²) in [5.74, 6) is -6.10. The number of carbonyl (C=O) groups is 5. The molecular formula is C67H111FN4O18S. The Morgan fingerprint density at radius 1 is 0.879 bits per heavy atom. The predicted molar refractivity (Wildman–Crippen MR) is 339 cm³/mol. The molecule has 0 bridgehead atoms. The molecule has 1 amide bonds. The fraction of sp³-hybridized carbons (Fsp3) is 0.866. The summed E-state index contributed by atoms with van der Waals surface area (Å²) >= 11 is 0.433. The van der Waals surface area contributed by atoms with Crippen molar-refractivity contribution in [2.45, 2.75) is 262 Å². The second-order valence-electron chi connectivity index (χ2n) is 29.7. The largest absolute Gasteiger partial charge is 0.459 e. The number of thioether (sulfide) groups is 1. The number of aliphatic hydroxyl groups excluding tert-OH is 4. The van der Waals surface area contributed by atoms with Crippen LogP contribution in [-0.2, 0) is 52.3 Å². The number of halogens is 1. The van der Waals surface area contributed by atoms with E-state index in [1.54, 1.807) is 75.3 Å². The van der Waals surface area contributed by atoms with Crippen molar-refractivity contribution in [2.75, 3.05) is 61.5 Å². The minimum atomic E-state index is -2.20. The smallest absolute Gasteiger partial charge is 0.311 e. The molecule has 4 aliphatic carbocycles. The molecule has 91 heavy (non-hydrogen) atoms. The molecule has 3 saturated heterocycles. The molecule has 2 unspecified atom stereocenters. The van der Waals surface area contributed by atoms with Crippen LogP contribution in [0.2, 0.25) is 0 Å². The fourth-order valence-electron chi connectivity index (χ4n) is 17.3. The van der Waals surface area contributed by atoms with Crippen molar-refractivity contribution in [3.63, 3.8) is 0 Å². The van der Waals surface area contributed by atoms with Crippen LogP contribution in [0.25, 0.3) is 0 Å². The molecule has 0 aromatic heterocycles. The summed E-state index contributed by atoms with van der Waals surface area (Å²) in [6, 6.07) is -1.14. The SMILES string of the molecule is CC[C@H]1OC(=O)[C@H](C)[C@@H](O[C@H]2C[C@@](C)(OC)[C@@H](O)[C@H](C)O2)[C@H](C)[C@@H](O[C@@H]2O[C@H](C)C[C@H](N(C)C)[C@H]2O)[C@](C)(O)C[C@@H](C)CN(CCCNCCC(=O)O[C@]2(C(=O)SC(=O)N(C)C)[C@H](C)CC3C4CCC5=CC(=O)C=C[C@]5(C)[C@@]4(F)[C@@H](O)C[C@@]32C)[C@H](C)[C@@H](O)[C@]1(C)O. The number of amides is 1. The van der Waals surface area contributed by atoms with Gasteiger partial charge in [-0.25, -0.2) is 4.39 Å². The summed E-state index contributed by atoms with van der Waals surface area (Å²) in [5.41, 5.74) is -11.0. The van der Waals surface area contributed by atoms with Gasteiger partial charge in [-0.2, -0.15) is 0 Å². The number of ketones is 1. The normalized spacial score (nSPS) is 46.0. The van der Waals surface area contributed by atoms with E-state index in [0.717, 1.165) is 0 Å². The van der Waals surface area contributed by atoms with Gasteiger partial charge in [-0.3, -0.25) is 28.9 Å². The third kappa shape index (κ3) is 14.5. The Morgan fingerprint density at radius 2 is 1.55 bits per heavy atom. The van der Waals surface area contributed by atoms with Gasteiger partial charge in [-0.15, -0.1) is 0 Å². The van der Waals surface area contributed by atoms with Crippen molar-refractivity contribution < 1.29 is 92.2 Å². The molecule has 7 aliphatic rings. The molecule has 3 heterocycles. The van der Waals surface area contributed by atoms with Crippen molar-refractivity contribution in [2.24, 2.45) is 46.3 Å². The summed E-state index contributed by atoms with van der Waals surface area (Å²) in [6.45, 7) is 23.6. The summed E-state index contributed by atoms with van der Waals surface area (Å²) in [4.78, 5) is 74.9. The first kappa shape index (κ1) is 75.3. The van der Waals surface area contributed by atoms with Gasteiger partial charge in [0.2, 0.25) is 5.12 Å². The molecule has 520 valence electrons. The predicted octanol–water partition coefficient (Wildman–Crippen LogP) is 5.48. The molecule has 24 heteroatoms. The van der Waals surface area contributed by atoms with Gasteiger partial charge in [-0.1, -0.05) is 46.3 Å². The number of cyclic esters (lactones) is 1. The van der Waals surface area contributed by atoms with Crippen molar-refractivity contribution >= 4 is 39.8 Å². The van der Waals surface area contributed by atoms with Crippen molar-refractivity contribution in [1.29, 1.82) is 0 Å². The minimum Gasteiger partial charge on any atom is -0.459 e. The maximum absolute atomic E-state index is 18.2. The third-order valence-electron chi connectivity index (χ3n) is 22.6. The van der Waals surface area contributed by atoms with Gasteiger partial charge in [-0.05, 0) is 158 Å². The van der Waals surface area contributed by atoms with Crippen LogP contribution in [0.3, 0.4) is 0 Å². The Balaban J connectivity index is 1.11. The number of methoxy groups -OCH3 is 1. The van der Waals surface area contributed by atoms with E-state index in [0.29, 0.717) is 56.1 Å². The number of hydrogen-bond acceptors (Lipinski definition) is 22. The van der Waals surface area contributed by atoms with Crippen LogP contribution in [0.15, 0.2) is 23.8 Å². The topological polar surface area (TPSA) is 293 Å². The van der Waals surface area contributed by atoms with E-state index in [4.69, 9.17) is 33.2 Å². The average Bonchev–Trinajstić information content (AvgIpc) is 1.62. The van der Waals surface area contributed by atoms with Gasteiger partial charge >= 0.3 is 11.9 Å². The highest BCUT2D eigenvalue weighted by atomic mass is 32.2. The van der Waals surface area contributed by atoms with Gasteiger partial charge in [0.05, 0.1) is 54.1 Å². The van der Waals surface area contributed by atoms with Gasteiger partial charge < -0.3 is 78.9 Å². The minimum absolute atomic E-state index is 0.0593. The number of alkyl halides is 1. The Labute approximate surface area is 543 Å². The van der Waals surface area contributed by atoms with E-state index in [2.05, 4.69) is 5.32 Å². The quantitative estimate of drug-likeness (QED) is 0.0743. The number of carbonyl (C=O) groups excluding carboxylic acids is 5. The maximum atomic E-state index is 18.2. The number of fused-ring (bicyclic) bond motifs is 5. The number of nitrogens with zero attached hydrogens (tertiary/aromatic N) is 3. The molecule has 3 saturated carbocycles.